The number of hydrogen-bond acceptors (Lipinski definition) is 1. The fourth-order valence-electron chi connectivity index (χ4n) is 3.04. The topological polar surface area (TPSA) is 9.23 Å². The molecule has 1 saturated heterocycles. The molecule has 0 aromatic rings. The van der Waals surface area contributed by atoms with E-state index >= 15 is 0 Å². The molecule has 2 aliphatic rings. The lowest BCUT2D eigenvalue weighted by atomic mass is 10.0. The number of ether oxygens (including phenoxy) is 1. The first-order valence-electron chi connectivity index (χ1n) is 8.80. The lowest BCUT2D eigenvalue weighted by molar-refractivity contribution is 0.192. The van der Waals surface area contributed by atoms with Gasteiger partial charge in [0, 0.05) is 6.42 Å². The van der Waals surface area contributed by atoms with Gasteiger partial charge in [0.2, 0.25) is 0 Å². The van der Waals surface area contributed by atoms with Crippen LogP contribution in [0.15, 0.2) is 11.3 Å². The zero-order valence-corrected chi connectivity index (χ0v) is 12.7. The molecular weight excluding hydrogens is 232 g/mol. The van der Waals surface area contributed by atoms with Crippen LogP contribution in [0.3, 0.4) is 0 Å². The summed E-state index contributed by atoms with van der Waals surface area (Å²) in [5.74, 6) is 1.38. The van der Waals surface area contributed by atoms with Crippen LogP contribution in [0.1, 0.15) is 96.3 Å². The molecule has 1 heterocycles. The molecule has 0 spiro atoms. The third-order valence-corrected chi connectivity index (χ3v) is 4.47. The van der Waals surface area contributed by atoms with E-state index in [2.05, 4.69) is 0 Å². The van der Waals surface area contributed by atoms with Crippen molar-refractivity contribution in [3.63, 3.8) is 0 Å². The van der Waals surface area contributed by atoms with Crippen LogP contribution < -0.4 is 0 Å². The second-order valence-corrected chi connectivity index (χ2v) is 6.37. The Morgan fingerprint density at radius 2 is 0.947 bits per heavy atom. The molecule has 0 atom stereocenters. The smallest absolute Gasteiger partial charge is 0.0951 e. The van der Waals surface area contributed by atoms with Gasteiger partial charge in [-0.2, -0.15) is 0 Å². The van der Waals surface area contributed by atoms with Crippen LogP contribution >= 0.6 is 0 Å². The summed E-state index contributed by atoms with van der Waals surface area (Å²) in [4.78, 5) is 0. The van der Waals surface area contributed by atoms with E-state index in [4.69, 9.17) is 4.74 Å². The zero-order chi connectivity index (χ0) is 13.2. The first-order valence-corrected chi connectivity index (χ1v) is 8.80. The molecule has 110 valence electrons. The molecule has 0 unspecified atom stereocenters. The SMILES string of the molecule is C1CCCCCCCC(=C2CC2)OCCCCCC1. The molecule has 1 aliphatic carbocycles. The quantitative estimate of drug-likeness (QED) is 0.511. The van der Waals surface area contributed by atoms with E-state index in [1.165, 1.54) is 102 Å². The molecule has 0 aromatic heterocycles. The first-order chi connectivity index (χ1) is 9.47. The number of rotatable bonds is 0. The van der Waals surface area contributed by atoms with Gasteiger partial charge in [-0.15, -0.1) is 0 Å². The van der Waals surface area contributed by atoms with Crippen LogP contribution in [0, 0.1) is 0 Å². The maximum atomic E-state index is 6.05. The van der Waals surface area contributed by atoms with Crippen LogP contribution in [0.5, 0.6) is 0 Å². The lowest BCUT2D eigenvalue weighted by Crippen LogP contribution is -1.97. The number of hydrogen-bond donors (Lipinski definition) is 0. The summed E-state index contributed by atoms with van der Waals surface area (Å²) in [6, 6.07) is 0. The Morgan fingerprint density at radius 3 is 1.47 bits per heavy atom. The Balaban J connectivity index is 1.68. The van der Waals surface area contributed by atoms with Crippen LogP contribution in [0.2, 0.25) is 0 Å². The van der Waals surface area contributed by atoms with Crippen molar-refractivity contribution in [1.82, 2.24) is 0 Å². The summed E-state index contributed by atoms with van der Waals surface area (Å²) in [5, 5.41) is 0. The van der Waals surface area contributed by atoms with Crippen molar-refractivity contribution in [2.75, 3.05) is 6.61 Å². The monoisotopic (exact) mass is 264 g/mol. The highest BCUT2D eigenvalue weighted by Crippen LogP contribution is 2.34. The number of allylic oxidation sites excluding steroid dienone is 2. The zero-order valence-electron chi connectivity index (χ0n) is 12.7. The molecule has 19 heavy (non-hydrogen) atoms. The predicted octanol–water partition coefficient (Wildman–Crippen LogP) is 6.14. The van der Waals surface area contributed by atoms with Gasteiger partial charge in [0.25, 0.3) is 0 Å². The second-order valence-electron chi connectivity index (χ2n) is 6.37. The Kier molecular flexibility index (Phi) is 7.43. The van der Waals surface area contributed by atoms with Crippen molar-refractivity contribution in [2.24, 2.45) is 0 Å². The summed E-state index contributed by atoms with van der Waals surface area (Å²) in [6.07, 6.45) is 20.8. The highest BCUT2D eigenvalue weighted by atomic mass is 16.5. The summed E-state index contributed by atoms with van der Waals surface area (Å²) < 4.78 is 6.05. The molecule has 0 N–H and O–H groups in total. The van der Waals surface area contributed by atoms with Crippen molar-refractivity contribution in [3.8, 4) is 0 Å². The van der Waals surface area contributed by atoms with E-state index in [0.29, 0.717) is 0 Å². The van der Waals surface area contributed by atoms with E-state index in [9.17, 15) is 0 Å². The van der Waals surface area contributed by atoms with Gasteiger partial charge in [-0.1, -0.05) is 64.2 Å². The third-order valence-electron chi connectivity index (χ3n) is 4.47. The molecule has 1 nitrogen and oxygen atoms in total. The summed E-state index contributed by atoms with van der Waals surface area (Å²) in [7, 11) is 0. The molecule has 0 amide bonds. The van der Waals surface area contributed by atoms with Gasteiger partial charge in [-0.3, -0.25) is 0 Å². The van der Waals surface area contributed by atoms with E-state index in [0.717, 1.165) is 6.61 Å². The first kappa shape index (κ1) is 14.9. The van der Waals surface area contributed by atoms with Crippen molar-refractivity contribution in [2.45, 2.75) is 96.3 Å². The van der Waals surface area contributed by atoms with Crippen molar-refractivity contribution < 1.29 is 4.74 Å². The van der Waals surface area contributed by atoms with E-state index in [-0.39, 0.29) is 0 Å². The molecule has 1 aliphatic heterocycles. The van der Waals surface area contributed by atoms with Gasteiger partial charge in [0.1, 0.15) is 0 Å². The fourth-order valence-corrected chi connectivity index (χ4v) is 3.04. The minimum atomic E-state index is 0.971. The van der Waals surface area contributed by atoms with E-state index in [1.807, 2.05) is 0 Å². The molecule has 2 fully saturated rings. The summed E-state index contributed by atoms with van der Waals surface area (Å²) >= 11 is 0. The van der Waals surface area contributed by atoms with Crippen molar-refractivity contribution in [3.05, 3.63) is 11.3 Å². The van der Waals surface area contributed by atoms with Crippen molar-refractivity contribution in [1.29, 1.82) is 0 Å². The second kappa shape index (κ2) is 9.44. The molecule has 2 rings (SSSR count). The maximum Gasteiger partial charge on any atom is 0.0951 e. The molecule has 1 heteroatoms. The van der Waals surface area contributed by atoms with Crippen LogP contribution in [0.25, 0.3) is 0 Å². The molecule has 1 saturated carbocycles. The Morgan fingerprint density at radius 1 is 0.474 bits per heavy atom. The Bertz CT molecular complexity index is 243. The maximum absolute atomic E-state index is 6.05. The normalized spacial score (nSPS) is 24.8. The highest BCUT2D eigenvalue weighted by molar-refractivity contribution is 5.21. The van der Waals surface area contributed by atoms with Crippen LogP contribution in [-0.2, 0) is 4.74 Å². The van der Waals surface area contributed by atoms with E-state index in [1.54, 1.807) is 5.57 Å². The van der Waals surface area contributed by atoms with Gasteiger partial charge in [0.05, 0.1) is 12.4 Å². The molecule has 0 radical (unpaired) electrons. The summed E-state index contributed by atoms with van der Waals surface area (Å²) in [5.41, 5.74) is 1.63. The standard InChI is InChI=1S/C18H32O/c1-2-4-6-8-10-12-16-19-18(17-14-15-17)13-11-9-7-5-3-1/h1-16H2. The highest BCUT2D eigenvalue weighted by Gasteiger charge is 2.18. The fraction of sp³-hybridized carbons (Fsp3) is 0.889. The van der Waals surface area contributed by atoms with Crippen LogP contribution in [0.4, 0.5) is 0 Å². The van der Waals surface area contributed by atoms with Gasteiger partial charge >= 0.3 is 0 Å². The lowest BCUT2D eigenvalue weighted by Gasteiger charge is -2.11. The summed E-state index contributed by atoms with van der Waals surface area (Å²) in [6.45, 7) is 0.971. The van der Waals surface area contributed by atoms with Gasteiger partial charge in [-0.25, -0.2) is 0 Å². The Labute approximate surface area is 119 Å². The van der Waals surface area contributed by atoms with Gasteiger partial charge in [0.15, 0.2) is 0 Å². The molecule has 0 bridgehead atoms. The average molecular weight is 264 g/mol. The largest absolute Gasteiger partial charge is 0.498 e. The molecule has 0 aromatic carbocycles. The van der Waals surface area contributed by atoms with E-state index < -0.39 is 0 Å². The third kappa shape index (κ3) is 7.03. The average Bonchev–Trinajstić information content (AvgIpc) is 3.23. The van der Waals surface area contributed by atoms with Crippen molar-refractivity contribution >= 4 is 0 Å². The minimum absolute atomic E-state index is 0.971. The Hall–Kier alpha value is -0.460. The minimum Gasteiger partial charge on any atom is -0.498 e. The van der Waals surface area contributed by atoms with Gasteiger partial charge < -0.3 is 4.74 Å². The predicted molar refractivity (Wildman–Crippen MR) is 82.2 cm³/mol. The van der Waals surface area contributed by atoms with Crippen LogP contribution in [-0.4, -0.2) is 6.61 Å². The van der Waals surface area contributed by atoms with Gasteiger partial charge in [-0.05, 0) is 31.3 Å². The molecular formula is C18H32O.